The summed E-state index contributed by atoms with van der Waals surface area (Å²) in [4.78, 5) is 4.36. The number of methoxy groups -OCH3 is 2. The zero-order valence-electron chi connectivity index (χ0n) is 29.1. The summed E-state index contributed by atoms with van der Waals surface area (Å²) in [5, 5.41) is 11.9. The summed E-state index contributed by atoms with van der Waals surface area (Å²) >= 11 is 0. The van der Waals surface area contributed by atoms with E-state index in [4.69, 9.17) is 23.4 Å². The molecule has 1 fully saturated rings. The maximum atomic E-state index is 14.8. The quantitative estimate of drug-likeness (QED) is 0.112. The molecule has 2 heterocycles. The Balaban J connectivity index is 1.43. The highest BCUT2D eigenvalue weighted by molar-refractivity contribution is 6.74. The molecule has 1 aliphatic rings. The van der Waals surface area contributed by atoms with Gasteiger partial charge in [0, 0.05) is 0 Å². The fraction of sp³-hybridized carbons (Fsp3) is 0.359. The molecule has 6 rings (SSSR count). The largest absolute Gasteiger partial charge is 0.497 e. The molecular formula is C39H45FN2O6Si. The number of hydrogen-bond acceptors (Lipinski definition) is 7. The average Bonchev–Trinajstić information content (AvgIpc) is 3.66. The molecule has 10 heteroatoms. The van der Waals surface area contributed by atoms with E-state index in [2.05, 4.69) is 38.8 Å². The summed E-state index contributed by atoms with van der Waals surface area (Å²) in [7, 11) is 0.845. The molecule has 0 saturated carbocycles. The van der Waals surface area contributed by atoms with Crippen LogP contribution in [0.25, 0.3) is 11.0 Å². The minimum absolute atomic E-state index is 0.00295. The minimum Gasteiger partial charge on any atom is -0.497 e. The van der Waals surface area contributed by atoms with Crippen LogP contribution >= 0.6 is 0 Å². The highest BCUT2D eigenvalue weighted by Crippen LogP contribution is 2.45. The van der Waals surface area contributed by atoms with Crippen LogP contribution in [0.15, 0.2) is 103 Å². The minimum atomic E-state index is -2.42. The Kier molecular flexibility index (Phi) is 9.72. The molecule has 0 unspecified atom stereocenters. The van der Waals surface area contributed by atoms with Crippen molar-refractivity contribution in [2.75, 3.05) is 20.8 Å². The summed E-state index contributed by atoms with van der Waals surface area (Å²) < 4.78 is 48.2. The first kappa shape index (κ1) is 34.8. The lowest BCUT2D eigenvalue weighted by atomic mass is 9.80. The zero-order chi connectivity index (χ0) is 35.0. The van der Waals surface area contributed by atoms with E-state index in [1.165, 1.54) is 6.07 Å². The van der Waals surface area contributed by atoms with Gasteiger partial charge < -0.3 is 33.0 Å². The number of nitrogens with zero attached hydrogens (tertiary/aromatic N) is 2. The first-order chi connectivity index (χ1) is 23.4. The monoisotopic (exact) mass is 684 g/mol. The van der Waals surface area contributed by atoms with Gasteiger partial charge in [0.25, 0.3) is 0 Å². The molecule has 258 valence electrons. The van der Waals surface area contributed by atoms with Crippen LogP contribution in [0.4, 0.5) is 4.39 Å². The Morgan fingerprint density at radius 3 is 1.94 bits per heavy atom. The maximum Gasteiger partial charge on any atom is 0.192 e. The van der Waals surface area contributed by atoms with Crippen LogP contribution in [0.3, 0.4) is 0 Å². The number of aromatic nitrogens is 2. The molecule has 1 aromatic heterocycles. The van der Waals surface area contributed by atoms with Crippen LogP contribution in [0.2, 0.25) is 18.1 Å². The van der Waals surface area contributed by atoms with Crippen molar-refractivity contribution in [3.8, 4) is 11.5 Å². The first-order valence-corrected chi connectivity index (χ1v) is 19.4. The van der Waals surface area contributed by atoms with Gasteiger partial charge >= 0.3 is 0 Å². The van der Waals surface area contributed by atoms with Crippen molar-refractivity contribution in [3.05, 3.63) is 126 Å². The third kappa shape index (κ3) is 6.51. The van der Waals surface area contributed by atoms with Crippen molar-refractivity contribution in [1.82, 2.24) is 9.55 Å². The molecule has 1 aliphatic heterocycles. The van der Waals surface area contributed by atoms with E-state index in [0.717, 1.165) is 16.7 Å². The van der Waals surface area contributed by atoms with Gasteiger partial charge in [0.15, 0.2) is 20.4 Å². The standard InChI is InChI=1S/C39H45FN2O6Si/c1-38(2,3)49(6,7)48-36-35(43)33(47-37(36)42-25-41-34-31(40)14-11-15-32(34)42)24-46-39(26-12-9-8-10-13-26,27-16-20-29(44-4)21-17-27)28-18-22-30(45-5)23-19-28/h8-23,25,33,35-37,43H,24H2,1-7H3/t33-,35-,36-,37-/m1/s1. The number of rotatable bonds is 11. The maximum absolute atomic E-state index is 14.8. The van der Waals surface area contributed by atoms with E-state index in [1.807, 2.05) is 78.9 Å². The van der Waals surface area contributed by atoms with Gasteiger partial charge in [-0.25, -0.2) is 9.37 Å². The summed E-state index contributed by atoms with van der Waals surface area (Å²) in [5.41, 5.74) is 2.28. The van der Waals surface area contributed by atoms with Gasteiger partial charge in [0.1, 0.15) is 40.9 Å². The Labute approximate surface area is 288 Å². The highest BCUT2D eigenvalue weighted by Gasteiger charge is 2.51. The number of fused-ring (bicyclic) bond motifs is 1. The van der Waals surface area contributed by atoms with E-state index in [1.54, 1.807) is 37.2 Å². The van der Waals surface area contributed by atoms with E-state index in [9.17, 15) is 9.50 Å². The van der Waals surface area contributed by atoms with Gasteiger partial charge in [0.05, 0.1) is 32.7 Å². The van der Waals surface area contributed by atoms with E-state index < -0.39 is 44.3 Å². The van der Waals surface area contributed by atoms with Gasteiger partial charge in [-0.2, -0.15) is 0 Å². The summed E-state index contributed by atoms with van der Waals surface area (Å²) in [6.45, 7) is 10.7. The number of ether oxygens (including phenoxy) is 4. The second-order valence-electron chi connectivity index (χ2n) is 14.0. The SMILES string of the molecule is COc1ccc(C(OC[C@H]2O[C@@H](n3cnc4c(F)cccc43)[C@H](O[Si](C)(C)C(C)(C)C)[C@@H]2O)(c2ccccc2)c2ccc(OC)cc2)cc1. The number of imidazole rings is 1. The lowest BCUT2D eigenvalue weighted by Gasteiger charge is -2.40. The van der Waals surface area contributed by atoms with Crippen molar-refractivity contribution in [2.24, 2.45) is 0 Å². The van der Waals surface area contributed by atoms with Gasteiger partial charge in [-0.3, -0.25) is 0 Å². The molecule has 0 spiro atoms. The molecular weight excluding hydrogens is 640 g/mol. The first-order valence-electron chi connectivity index (χ1n) is 16.5. The van der Waals surface area contributed by atoms with Crippen molar-refractivity contribution in [3.63, 3.8) is 0 Å². The molecule has 1 N–H and O–H groups in total. The molecule has 5 aromatic rings. The van der Waals surface area contributed by atoms with E-state index in [0.29, 0.717) is 17.0 Å². The topological polar surface area (TPSA) is 84.2 Å². The van der Waals surface area contributed by atoms with E-state index in [-0.39, 0.29) is 17.2 Å². The van der Waals surface area contributed by atoms with Crippen LogP contribution in [0.1, 0.15) is 43.7 Å². The smallest absolute Gasteiger partial charge is 0.192 e. The molecule has 4 atom stereocenters. The summed E-state index contributed by atoms with van der Waals surface area (Å²) in [6.07, 6.45) is -1.85. The molecule has 0 bridgehead atoms. The molecule has 0 amide bonds. The van der Waals surface area contributed by atoms with Crippen molar-refractivity contribution >= 4 is 19.4 Å². The fourth-order valence-electron chi connectivity index (χ4n) is 6.23. The van der Waals surface area contributed by atoms with Crippen molar-refractivity contribution in [2.45, 2.75) is 69.0 Å². The summed E-state index contributed by atoms with van der Waals surface area (Å²) in [6, 6.07) is 30.4. The molecule has 49 heavy (non-hydrogen) atoms. The van der Waals surface area contributed by atoms with Gasteiger partial charge in [-0.1, -0.05) is 81.4 Å². The van der Waals surface area contributed by atoms with Crippen LogP contribution in [-0.4, -0.2) is 62.1 Å². The number of aliphatic hydroxyl groups excluding tert-OH is 1. The number of aliphatic hydroxyl groups is 1. The van der Waals surface area contributed by atoms with E-state index >= 15 is 0 Å². The molecule has 4 aromatic carbocycles. The Morgan fingerprint density at radius 2 is 1.39 bits per heavy atom. The third-order valence-corrected chi connectivity index (χ3v) is 14.5. The van der Waals surface area contributed by atoms with Crippen LogP contribution < -0.4 is 9.47 Å². The average molecular weight is 685 g/mol. The zero-order valence-corrected chi connectivity index (χ0v) is 30.1. The number of para-hydroxylation sites is 1. The van der Waals surface area contributed by atoms with Crippen LogP contribution in [0.5, 0.6) is 11.5 Å². The predicted molar refractivity (Wildman–Crippen MR) is 190 cm³/mol. The summed E-state index contributed by atoms with van der Waals surface area (Å²) in [5.74, 6) is 1.00. The van der Waals surface area contributed by atoms with Gasteiger partial charge in [-0.05, 0) is 71.2 Å². The van der Waals surface area contributed by atoms with Crippen molar-refractivity contribution < 1.29 is 32.9 Å². The number of hydrogen-bond donors (Lipinski definition) is 1. The highest BCUT2D eigenvalue weighted by atomic mass is 28.4. The predicted octanol–water partition coefficient (Wildman–Crippen LogP) is 7.85. The fourth-order valence-corrected chi connectivity index (χ4v) is 7.52. The second kappa shape index (κ2) is 13.7. The number of benzene rings is 4. The lowest BCUT2D eigenvalue weighted by molar-refractivity contribution is -0.0939. The van der Waals surface area contributed by atoms with Crippen LogP contribution in [0, 0.1) is 5.82 Å². The molecule has 0 aliphatic carbocycles. The second-order valence-corrected chi connectivity index (χ2v) is 18.7. The molecule has 0 radical (unpaired) electrons. The molecule has 1 saturated heterocycles. The lowest BCUT2D eigenvalue weighted by Crippen LogP contribution is -2.49. The van der Waals surface area contributed by atoms with Crippen LogP contribution in [-0.2, 0) is 19.5 Å². The Bertz CT molecular complexity index is 1810. The number of halogens is 1. The Hall–Kier alpha value is -4.06. The Morgan fingerprint density at radius 1 is 0.816 bits per heavy atom. The third-order valence-electron chi connectivity index (χ3n) is 10.0. The van der Waals surface area contributed by atoms with Gasteiger partial charge in [0.2, 0.25) is 0 Å². The molecule has 8 nitrogen and oxygen atoms in total. The van der Waals surface area contributed by atoms with Crippen molar-refractivity contribution in [1.29, 1.82) is 0 Å². The normalized spacial score (nSPS) is 20.1. The van der Waals surface area contributed by atoms with Gasteiger partial charge in [-0.15, -0.1) is 0 Å².